The lowest BCUT2D eigenvalue weighted by Gasteiger charge is -2.31. The summed E-state index contributed by atoms with van der Waals surface area (Å²) in [4.78, 5) is 14.3. The molecule has 2 N–H and O–H groups in total. The van der Waals surface area contributed by atoms with Gasteiger partial charge in [0.15, 0.2) is 0 Å². The van der Waals surface area contributed by atoms with Gasteiger partial charge in [-0.25, -0.2) is 0 Å². The van der Waals surface area contributed by atoms with Gasteiger partial charge in [0.2, 0.25) is 5.91 Å². The number of hydrogen-bond acceptors (Lipinski definition) is 4. The van der Waals surface area contributed by atoms with E-state index < -0.39 is 0 Å². The Morgan fingerprint density at radius 1 is 1.45 bits per heavy atom. The van der Waals surface area contributed by atoms with Crippen LogP contribution in [0, 0.1) is 0 Å². The Morgan fingerprint density at radius 3 is 3.00 bits per heavy atom. The van der Waals surface area contributed by atoms with Gasteiger partial charge in [0.1, 0.15) is 5.75 Å². The molecule has 1 amide bonds. The molecule has 1 heterocycles. The number of hydrogen-bond donors (Lipinski definition) is 2. The van der Waals surface area contributed by atoms with Crippen molar-refractivity contribution >= 4 is 11.6 Å². The third-order valence-corrected chi connectivity index (χ3v) is 3.66. The van der Waals surface area contributed by atoms with Crippen LogP contribution in [0.2, 0.25) is 0 Å². The molecule has 1 aromatic carbocycles. The maximum absolute atomic E-state index is 12.1. The minimum Gasteiger partial charge on any atom is -0.495 e. The molecule has 5 nitrogen and oxygen atoms in total. The fourth-order valence-electron chi connectivity index (χ4n) is 2.58. The number of nitrogens with zero attached hydrogens (tertiary/aromatic N) is 1. The van der Waals surface area contributed by atoms with Gasteiger partial charge in [0.25, 0.3) is 0 Å². The summed E-state index contributed by atoms with van der Waals surface area (Å²) in [7, 11) is 3.58. The first-order valence-electron chi connectivity index (χ1n) is 7.05. The largest absolute Gasteiger partial charge is 0.495 e. The Hall–Kier alpha value is -1.59. The van der Waals surface area contributed by atoms with Gasteiger partial charge in [-0.05, 0) is 38.6 Å². The molecule has 5 heteroatoms. The predicted octanol–water partition coefficient (Wildman–Crippen LogP) is 1.32. The van der Waals surface area contributed by atoms with Crippen molar-refractivity contribution in [2.24, 2.45) is 0 Å². The van der Waals surface area contributed by atoms with Crippen LogP contribution in [0.25, 0.3) is 0 Å². The number of likely N-dealkylation sites (tertiary alicyclic amines) is 1. The lowest BCUT2D eigenvalue weighted by atomic mass is 10.1. The van der Waals surface area contributed by atoms with Crippen molar-refractivity contribution in [2.45, 2.75) is 18.9 Å². The second kappa shape index (κ2) is 7.26. The number of benzene rings is 1. The first-order valence-corrected chi connectivity index (χ1v) is 7.05. The van der Waals surface area contributed by atoms with Crippen molar-refractivity contribution < 1.29 is 9.53 Å². The quantitative estimate of drug-likeness (QED) is 0.852. The molecule has 1 atom stereocenters. The molecule has 0 aliphatic carbocycles. The molecular weight excluding hydrogens is 254 g/mol. The summed E-state index contributed by atoms with van der Waals surface area (Å²) in [6, 6.07) is 7.95. The highest BCUT2D eigenvalue weighted by Gasteiger charge is 2.20. The summed E-state index contributed by atoms with van der Waals surface area (Å²) in [6.07, 6.45) is 2.31. The van der Waals surface area contributed by atoms with Crippen molar-refractivity contribution in [1.82, 2.24) is 10.2 Å². The summed E-state index contributed by atoms with van der Waals surface area (Å²) in [5.74, 6) is 0.693. The number of methoxy groups -OCH3 is 1. The van der Waals surface area contributed by atoms with Crippen molar-refractivity contribution in [3.05, 3.63) is 24.3 Å². The van der Waals surface area contributed by atoms with Crippen molar-refractivity contribution in [3.8, 4) is 5.75 Å². The molecule has 0 saturated carbocycles. The summed E-state index contributed by atoms with van der Waals surface area (Å²) in [5, 5.41) is 6.20. The molecule has 2 rings (SSSR count). The zero-order valence-corrected chi connectivity index (χ0v) is 12.2. The number of likely N-dealkylation sites (N-methyl/N-ethyl adjacent to an activating group) is 1. The topological polar surface area (TPSA) is 53.6 Å². The van der Waals surface area contributed by atoms with Crippen LogP contribution in [0.15, 0.2) is 24.3 Å². The van der Waals surface area contributed by atoms with Crippen LogP contribution in [0.3, 0.4) is 0 Å². The van der Waals surface area contributed by atoms with Crippen LogP contribution in [-0.2, 0) is 4.79 Å². The van der Waals surface area contributed by atoms with Crippen molar-refractivity contribution in [1.29, 1.82) is 0 Å². The van der Waals surface area contributed by atoms with E-state index in [2.05, 4.69) is 15.5 Å². The number of anilines is 1. The fraction of sp³-hybridized carbons (Fsp3) is 0.533. The van der Waals surface area contributed by atoms with Crippen LogP contribution >= 0.6 is 0 Å². The maximum atomic E-state index is 12.1. The second-order valence-corrected chi connectivity index (χ2v) is 5.11. The monoisotopic (exact) mass is 277 g/mol. The van der Waals surface area contributed by atoms with Gasteiger partial charge < -0.3 is 15.4 Å². The number of para-hydroxylation sites is 2. The number of carbonyl (C=O) groups excluding carboxylic acids is 1. The van der Waals surface area contributed by atoms with E-state index >= 15 is 0 Å². The zero-order valence-electron chi connectivity index (χ0n) is 12.2. The first-order chi connectivity index (χ1) is 9.72. The van der Waals surface area contributed by atoms with E-state index in [1.807, 2.05) is 31.3 Å². The summed E-state index contributed by atoms with van der Waals surface area (Å²) < 4.78 is 5.23. The lowest BCUT2D eigenvalue weighted by molar-refractivity contribution is -0.117. The Balaban J connectivity index is 1.89. The summed E-state index contributed by atoms with van der Waals surface area (Å²) in [6.45, 7) is 2.34. The Morgan fingerprint density at radius 2 is 2.25 bits per heavy atom. The molecule has 1 aliphatic rings. The minimum absolute atomic E-state index is 0.00579. The first kappa shape index (κ1) is 14.8. The molecule has 110 valence electrons. The van der Waals surface area contributed by atoms with Crippen LogP contribution in [0.4, 0.5) is 5.69 Å². The molecule has 1 aromatic rings. The van der Waals surface area contributed by atoms with E-state index in [4.69, 9.17) is 4.74 Å². The highest BCUT2D eigenvalue weighted by atomic mass is 16.5. The summed E-state index contributed by atoms with van der Waals surface area (Å²) in [5.41, 5.74) is 0.724. The number of amides is 1. The number of rotatable bonds is 5. The van der Waals surface area contributed by atoms with Gasteiger partial charge in [-0.1, -0.05) is 12.1 Å². The highest BCUT2D eigenvalue weighted by Crippen LogP contribution is 2.23. The van der Waals surface area contributed by atoms with E-state index in [1.54, 1.807) is 7.11 Å². The van der Waals surface area contributed by atoms with E-state index in [-0.39, 0.29) is 5.91 Å². The van der Waals surface area contributed by atoms with Gasteiger partial charge in [-0.2, -0.15) is 0 Å². The number of nitrogens with one attached hydrogen (secondary N) is 2. The van der Waals surface area contributed by atoms with Gasteiger partial charge in [0.05, 0.1) is 19.3 Å². The van der Waals surface area contributed by atoms with Gasteiger partial charge in [0, 0.05) is 12.6 Å². The fourth-order valence-corrected chi connectivity index (χ4v) is 2.58. The number of carbonyl (C=O) groups is 1. The third-order valence-electron chi connectivity index (χ3n) is 3.66. The SMILES string of the molecule is CNC1CCCN(CC(=O)Nc2ccccc2OC)C1. The van der Waals surface area contributed by atoms with Gasteiger partial charge in [-0.3, -0.25) is 9.69 Å². The van der Waals surface area contributed by atoms with E-state index in [0.717, 1.165) is 25.2 Å². The molecule has 1 fully saturated rings. The molecule has 1 saturated heterocycles. The van der Waals surface area contributed by atoms with Crippen LogP contribution in [0.1, 0.15) is 12.8 Å². The average Bonchev–Trinajstić information content (AvgIpc) is 2.48. The molecular formula is C15H23N3O2. The predicted molar refractivity (Wildman–Crippen MR) is 80.1 cm³/mol. The van der Waals surface area contributed by atoms with E-state index in [9.17, 15) is 4.79 Å². The van der Waals surface area contributed by atoms with Crippen LogP contribution in [-0.4, -0.2) is 50.6 Å². The molecule has 1 unspecified atom stereocenters. The lowest BCUT2D eigenvalue weighted by Crippen LogP contribution is -2.46. The van der Waals surface area contributed by atoms with Crippen molar-refractivity contribution in [2.75, 3.05) is 39.1 Å². The molecule has 0 radical (unpaired) electrons. The standard InChI is InChI=1S/C15H23N3O2/c1-16-12-6-5-9-18(10-12)11-15(19)17-13-7-3-4-8-14(13)20-2/h3-4,7-8,12,16H,5-6,9-11H2,1-2H3,(H,17,19). The smallest absolute Gasteiger partial charge is 0.238 e. The Labute approximate surface area is 120 Å². The Bertz CT molecular complexity index is 450. The minimum atomic E-state index is 0.00579. The average molecular weight is 277 g/mol. The molecule has 1 aliphatic heterocycles. The summed E-state index contributed by atoms with van der Waals surface area (Å²) >= 11 is 0. The number of ether oxygens (including phenoxy) is 1. The van der Waals surface area contributed by atoms with Gasteiger partial charge in [-0.15, -0.1) is 0 Å². The van der Waals surface area contributed by atoms with Crippen LogP contribution < -0.4 is 15.4 Å². The third kappa shape index (κ3) is 3.95. The Kier molecular flexibility index (Phi) is 5.38. The normalized spacial score (nSPS) is 19.6. The zero-order chi connectivity index (χ0) is 14.4. The number of piperidine rings is 1. The van der Waals surface area contributed by atoms with Gasteiger partial charge >= 0.3 is 0 Å². The highest BCUT2D eigenvalue weighted by molar-refractivity contribution is 5.93. The molecule has 0 spiro atoms. The van der Waals surface area contributed by atoms with E-state index in [1.165, 1.54) is 6.42 Å². The second-order valence-electron chi connectivity index (χ2n) is 5.11. The van der Waals surface area contributed by atoms with E-state index in [0.29, 0.717) is 18.3 Å². The molecule has 20 heavy (non-hydrogen) atoms. The van der Waals surface area contributed by atoms with Crippen molar-refractivity contribution in [3.63, 3.8) is 0 Å². The molecule has 0 aromatic heterocycles. The molecule has 0 bridgehead atoms. The van der Waals surface area contributed by atoms with Crippen LogP contribution in [0.5, 0.6) is 5.75 Å². The maximum Gasteiger partial charge on any atom is 0.238 e.